The Bertz CT molecular complexity index is 1400. The molecule has 3 aromatic carbocycles. The second-order valence-electron chi connectivity index (χ2n) is 6.58. The zero-order valence-corrected chi connectivity index (χ0v) is 16.0. The summed E-state index contributed by atoms with van der Waals surface area (Å²) in [6, 6.07) is 15.3. The number of anilines is 3. The first-order valence-electron chi connectivity index (χ1n) is 8.62. The lowest BCUT2D eigenvalue weighted by Gasteiger charge is -2.23. The third kappa shape index (κ3) is 3.00. The number of carbonyl (C=O) groups excluding carboxylic acids is 2. The van der Waals surface area contributed by atoms with Crippen molar-refractivity contribution in [2.75, 3.05) is 11.1 Å². The van der Waals surface area contributed by atoms with Crippen molar-refractivity contribution in [3.8, 4) is 6.07 Å². The van der Waals surface area contributed by atoms with Gasteiger partial charge < -0.3 is 11.1 Å². The van der Waals surface area contributed by atoms with E-state index in [-0.39, 0.29) is 27.9 Å². The van der Waals surface area contributed by atoms with E-state index < -0.39 is 32.3 Å². The van der Waals surface area contributed by atoms with E-state index in [0.29, 0.717) is 11.3 Å². The van der Waals surface area contributed by atoms with Crippen LogP contribution in [0.15, 0.2) is 59.5 Å². The smallest absolute Gasteiger partial charge is 0.296 e. The van der Waals surface area contributed by atoms with Gasteiger partial charge in [-0.05, 0) is 24.3 Å². The number of nitrogen functional groups attached to an aromatic ring is 1. The summed E-state index contributed by atoms with van der Waals surface area (Å²) in [6.45, 7) is 0. The first-order chi connectivity index (χ1) is 14.2. The molecule has 0 amide bonds. The number of nitrogens with two attached hydrogens (primary N) is 1. The highest BCUT2D eigenvalue weighted by Crippen LogP contribution is 2.40. The van der Waals surface area contributed by atoms with Crippen LogP contribution in [-0.2, 0) is 10.1 Å². The SMILES string of the molecule is N#Cc1cccc(Nc2cc(S(=O)(=O)O)c(N)c3c2C(=O)c2ccccc2C3=O)c1. The Labute approximate surface area is 171 Å². The average molecular weight is 419 g/mol. The molecular weight excluding hydrogens is 406 g/mol. The predicted molar refractivity (Wildman–Crippen MR) is 108 cm³/mol. The lowest BCUT2D eigenvalue weighted by Crippen LogP contribution is -2.25. The van der Waals surface area contributed by atoms with Crippen molar-refractivity contribution >= 4 is 38.7 Å². The Balaban J connectivity index is 2.02. The number of carbonyl (C=O) groups is 2. The summed E-state index contributed by atoms with van der Waals surface area (Å²) in [7, 11) is -4.79. The van der Waals surface area contributed by atoms with Crippen LogP contribution in [-0.4, -0.2) is 24.5 Å². The number of nitrogens with zero attached hydrogens (tertiary/aromatic N) is 1. The second kappa shape index (κ2) is 6.81. The van der Waals surface area contributed by atoms with Gasteiger partial charge in [-0.2, -0.15) is 13.7 Å². The van der Waals surface area contributed by atoms with Crippen LogP contribution in [0.4, 0.5) is 17.1 Å². The molecule has 0 fully saturated rings. The summed E-state index contributed by atoms with van der Waals surface area (Å²) in [5.41, 5.74) is 5.93. The van der Waals surface area contributed by atoms with Crippen LogP contribution in [0, 0.1) is 11.3 Å². The maximum Gasteiger partial charge on any atom is 0.296 e. The van der Waals surface area contributed by atoms with Crippen LogP contribution in [0.2, 0.25) is 0 Å². The minimum absolute atomic E-state index is 0.0326. The number of rotatable bonds is 3. The zero-order valence-electron chi connectivity index (χ0n) is 15.2. The molecule has 0 heterocycles. The molecule has 30 heavy (non-hydrogen) atoms. The first kappa shape index (κ1) is 19.3. The van der Waals surface area contributed by atoms with Crippen molar-refractivity contribution in [2.24, 2.45) is 0 Å². The molecule has 0 bridgehead atoms. The van der Waals surface area contributed by atoms with Crippen molar-refractivity contribution in [2.45, 2.75) is 4.90 Å². The Morgan fingerprint density at radius 3 is 2.17 bits per heavy atom. The number of nitrogens with one attached hydrogen (secondary N) is 1. The van der Waals surface area contributed by atoms with Gasteiger partial charge in [0.15, 0.2) is 11.6 Å². The molecule has 148 valence electrons. The molecule has 0 atom stereocenters. The van der Waals surface area contributed by atoms with Crippen LogP contribution in [0.25, 0.3) is 0 Å². The van der Waals surface area contributed by atoms with Crippen molar-refractivity contribution in [3.05, 3.63) is 82.4 Å². The highest BCUT2D eigenvalue weighted by molar-refractivity contribution is 7.86. The minimum atomic E-state index is -4.79. The maximum atomic E-state index is 13.2. The molecule has 9 heteroatoms. The van der Waals surface area contributed by atoms with E-state index in [0.717, 1.165) is 6.07 Å². The van der Waals surface area contributed by atoms with E-state index in [9.17, 15) is 22.6 Å². The summed E-state index contributed by atoms with van der Waals surface area (Å²) in [4.78, 5) is 25.6. The normalized spacial score (nSPS) is 12.7. The summed E-state index contributed by atoms with van der Waals surface area (Å²) >= 11 is 0. The lowest BCUT2D eigenvalue weighted by atomic mass is 9.82. The fourth-order valence-corrected chi connectivity index (χ4v) is 4.07. The largest absolute Gasteiger partial charge is 0.397 e. The van der Waals surface area contributed by atoms with Crippen molar-refractivity contribution in [1.29, 1.82) is 5.26 Å². The fraction of sp³-hybridized carbons (Fsp3) is 0. The molecule has 0 saturated heterocycles. The van der Waals surface area contributed by atoms with Crippen LogP contribution < -0.4 is 11.1 Å². The topological polar surface area (TPSA) is 150 Å². The van der Waals surface area contributed by atoms with E-state index in [1.165, 1.54) is 18.2 Å². The number of ketones is 2. The average Bonchev–Trinajstić information content (AvgIpc) is 2.72. The van der Waals surface area contributed by atoms with E-state index in [4.69, 9.17) is 11.0 Å². The van der Waals surface area contributed by atoms with Crippen LogP contribution in [0.5, 0.6) is 0 Å². The molecule has 8 nitrogen and oxygen atoms in total. The second-order valence-corrected chi connectivity index (χ2v) is 7.97. The number of hydrogen-bond donors (Lipinski definition) is 3. The van der Waals surface area contributed by atoms with Gasteiger partial charge in [-0.3, -0.25) is 14.1 Å². The van der Waals surface area contributed by atoms with Crippen molar-refractivity contribution < 1.29 is 22.6 Å². The summed E-state index contributed by atoms with van der Waals surface area (Å²) in [6.07, 6.45) is 0. The van der Waals surface area contributed by atoms with Crippen LogP contribution in [0.1, 0.15) is 37.4 Å². The first-order valence-corrected chi connectivity index (χ1v) is 10.1. The van der Waals surface area contributed by atoms with Crippen molar-refractivity contribution in [1.82, 2.24) is 0 Å². The Morgan fingerprint density at radius 2 is 1.57 bits per heavy atom. The number of benzene rings is 3. The third-order valence-corrected chi connectivity index (χ3v) is 5.64. The third-order valence-electron chi connectivity index (χ3n) is 4.75. The van der Waals surface area contributed by atoms with Gasteiger partial charge in [0.25, 0.3) is 10.1 Å². The van der Waals surface area contributed by atoms with Crippen LogP contribution in [0.3, 0.4) is 0 Å². The zero-order chi connectivity index (χ0) is 21.6. The molecule has 0 aliphatic heterocycles. The van der Waals surface area contributed by atoms with Gasteiger partial charge >= 0.3 is 0 Å². The molecule has 0 radical (unpaired) electrons. The summed E-state index contributed by atoms with van der Waals surface area (Å²) in [5.74, 6) is -1.15. The molecule has 0 unspecified atom stereocenters. The minimum Gasteiger partial charge on any atom is -0.397 e. The van der Waals surface area contributed by atoms with Gasteiger partial charge in [0.1, 0.15) is 4.90 Å². The fourth-order valence-electron chi connectivity index (χ4n) is 3.43. The predicted octanol–water partition coefficient (Wildman–Crippen LogP) is 2.91. The summed E-state index contributed by atoms with van der Waals surface area (Å²) < 4.78 is 33.4. The van der Waals surface area contributed by atoms with Gasteiger partial charge in [-0.1, -0.05) is 30.3 Å². The molecule has 4 rings (SSSR count). The monoisotopic (exact) mass is 419 g/mol. The number of nitriles is 1. The molecule has 0 spiro atoms. The molecule has 0 saturated carbocycles. The number of fused-ring (bicyclic) bond motifs is 2. The molecule has 1 aliphatic carbocycles. The summed E-state index contributed by atoms with van der Waals surface area (Å²) in [5, 5.41) is 12.0. The quantitative estimate of drug-likeness (QED) is 0.339. The molecule has 0 aromatic heterocycles. The van der Waals surface area contributed by atoms with Gasteiger partial charge in [0, 0.05) is 16.8 Å². The van der Waals surface area contributed by atoms with Gasteiger partial charge in [-0.25, -0.2) is 0 Å². The van der Waals surface area contributed by atoms with E-state index >= 15 is 0 Å². The van der Waals surface area contributed by atoms with Gasteiger partial charge in [-0.15, -0.1) is 0 Å². The highest BCUT2D eigenvalue weighted by atomic mass is 32.2. The van der Waals surface area contributed by atoms with Gasteiger partial charge in [0.05, 0.1) is 34.1 Å². The van der Waals surface area contributed by atoms with Gasteiger partial charge in [0.2, 0.25) is 0 Å². The molecular formula is C21H13N3O5S. The Morgan fingerprint density at radius 1 is 0.933 bits per heavy atom. The molecule has 4 N–H and O–H groups in total. The van der Waals surface area contributed by atoms with E-state index in [2.05, 4.69) is 5.32 Å². The lowest BCUT2D eigenvalue weighted by molar-refractivity contribution is 0.0980. The maximum absolute atomic E-state index is 13.2. The van der Waals surface area contributed by atoms with E-state index in [1.54, 1.807) is 30.3 Å². The molecule has 3 aromatic rings. The van der Waals surface area contributed by atoms with E-state index in [1.807, 2.05) is 6.07 Å². The Kier molecular flexibility index (Phi) is 4.38. The number of hydrogen-bond acceptors (Lipinski definition) is 7. The highest BCUT2D eigenvalue weighted by Gasteiger charge is 2.36. The standard InChI is InChI=1S/C21H13N3O5S/c22-10-11-4-3-5-12(8-11)24-15-9-16(30(27,28)29)19(23)18-17(15)20(25)13-6-1-2-7-14(13)21(18)26/h1-9,24H,23H2,(H,27,28,29). The van der Waals surface area contributed by atoms with Crippen molar-refractivity contribution in [3.63, 3.8) is 0 Å². The Hall–Kier alpha value is -4.00. The van der Waals surface area contributed by atoms with Crippen LogP contribution >= 0.6 is 0 Å². The molecule has 1 aliphatic rings.